The minimum absolute atomic E-state index is 0.175. The molecule has 7 nitrogen and oxygen atoms in total. The molecule has 3 heterocycles. The quantitative estimate of drug-likeness (QED) is 0.749. The van der Waals surface area contributed by atoms with Gasteiger partial charge in [0.1, 0.15) is 11.4 Å². The third-order valence-electron chi connectivity index (χ3n) is 5.73. The maximum absolute atomic E-state index is 12.3. The van der Waals surface area contributed by atoms with Crippen molar-refractivity contribution in [2.24, 2.45) is 0 Å². The van der Waals surface area contributed by atoms with E-state index in [9.17, 15) is 9.90 Å². The highest BCUT2D eigenvalue weighted by Gasteiger charge is 2.34. The summed E-state index contributed by atoms with van der Waals surface area (Å²) in [6.07, 6.45) is 4.82. The maximum atomic E-state index is 12.3. The molecular weight excluding hydrogens is 344 g/mol. The zero-order valence-electron chi connectivity index (χ0n) is 16.5. The lowest BCUT2D eigenvalue weighted by Crippen LogP contribution is -2.58. The minimum Gasteiger partial charge on any atom is -0.462 e. The molecule has 2 saturated heterocycles. The first-order valence-electron chi connectivity index (χ1n) is 10.1. The summed E-state index contributed by atoms with van der Waals surface area (Å²) >= 11 is 0. The van der Waals surface area contributed by atoms with Crippen molar-refractivity contribution in [2.45, 2.75) is 38.3 Å². The van der Waals surface area contributed by atoms with Crippen LogP contribution in [0.25, 0.3) is 0 Å². The van der Waals surface area contributed by atoms with E-state index >= 15 is 0 Å². The van der Waals surface area contributed by atoms with Gasteiger partial charge in [0.25, 0.3) is 0 Å². The van der Waals surface area contributed by atoms with Crippen molar-refractivity contribution in [3.63, 3.8) is 0 Å². The van der Waals surface area contributed by atoms with Crippen LogP contribution in [0.1, 0.15) is 36.5 Å². The Balaban J connectivity index is 1.74. The summed E-state index contributed by atoms with van der Waals surface area (Å²) in [6.45, 7) is 7.13. The molecule has 0 aliphatic carbocycles. The van der Waals surface area contributed by atoms with Crippen molar-refractivity contribution in [2.75, 3.05) is 57.9 Å². The molecule has 2 fully saturated rings. The number of nitrogens with zero attached hydrogens (tertiary/aromatic N) is 4. The third kappa shape index (κ3) is 4.78. The van der Waals surface area contributed by atoms with E-state index in [0.29, 0.717) is 24.0 Å². The van der Waals surface area contributed by atoms with Crippen LogP contribution in [0.5, 0.6) is 0 Å². The smallest absolute Gasteiger partial charge is 0.341 e. The van der Waals surface area contributed by atoms with E-state index in [1.807, 2.05) is 6.92 Å². The van der Waals surface area contributed by atoms with Gasteiger partial charge in [-0.2, -0.15) is 0 Å². The number of carbonyl (C=O) groups excluding carboxylic acids is 1. The second-order valence-electron chi connectivity index (χ2n) is 7.48. The molecule has 27 heavy (non-hydrogen) atoms. The highest BCUT2D eigenvalue weighted by atomic mass is 16.5. The fraction of sp³-hybridized carbons (Fsp3) is 0.700. The average molecular weight is 377 g/mol. The molecular formula is C20H32N4O3. The van der Waals surface area contributed by atoms with Crippen LogP contribution in [0.3, 0.4) is 0 Å². The summed E-state index contributed by atoms with van der Waals surface area (Å²) < 4.78 is 5.20. The van der Waals surface area contributed by atoms with Gasteiger partial charge >= 0.3 is 5.97 Å². The van der Waals surface area contributed by atoms with E-state index < -0.39 is 0 Å². The number of aliphatic hydroxyl groups excluding tert-OH is 1. The molecule has 7 heteroatoms. The predicted molar refractivity (Wildman–Crippen MR) is 105 cm³/mol. The number of rotatable bonds is 6. The van der Waals surface area contributed by atoms with Crippen molar-refractivity contribution in [3.8, 4) is 0 Å². The van der Waals surface area contributed by atoms with Crippen molar-refractivity contribution >= 4 is 11.8 Å². The van der Waals surface area contributed by atoms with E-state index in [-0.39, 0.29) is 18.6 Å². The number of ether oxygens (including phenoxy) is 1. The first-order valence-corrected chi connectivity index (χ1v) is 10.1. The van der Waals surface area contributed by atoms with Crippen molar-refractivity contribution in [3.05, 3.63) is 23.9 Å². The van der Waals surface area contributed by atoms with Gasteiger partial charge in [-0.3, -0.25) is 4.90 Å². The number of aromatic nitrogens is 1. The van der Waals surface area contributed by atoms with Gasteiger partial charge in [-0.15, -0.1) is 0 Å². The summed E-state index contributed by atoms with van der Waals surface area (Å²) in [4.78, 5) is 23.9. The molecule has 0 aromatic carbocycles. The Bertz CT molecular complexity index is 619. The molecule has 0 unspecified atom stereocenters. The van der Waals surface area contributed by atoms with Crippen LogP contribution in [-0.4, -0.2) is 90.9 Å². The van der Waals surface area contributed by atoms with Crippen LogP contribution >= 0.6 is 0 Å². The van der Waals surface area contributed by atoms with Crippen LogP contribution in [-0.2, 0) is 4.74 Å². The second-order valence-corrected chi connectivity index (χ2v) is 7.48. The number of piperidine rings is 1. The van der Waals surface area contributed by atoms with Gasteiger partial charge in [0.15, 0.2) is 0 Å². The van der Waals surface area contributed by atoms with E-state index in [0.717, 1.165) is 39.1 Å². The third-order valence-corrected chi connectivity index (χ3v) is 5.73. The van der Waals surface area contributed by atoms with E-state index in [2.05, 4.69) is 26.7 Å². The van der Waals surface area contributed by atoms with Gasteiger partial charge in [0.05, 0.1) is 6.61 Å². The number of likely N-dealkylation sites (tertiary alicyclic amines) is 1. The Hall–Kier alpha value is -1.70. The Labute approximate surface area is 161 Å². The lowest BCUT2D eigenvalue weighted by atomic mass is 9.98. The SMILES string of the molecule is CCOC(=O)c1cccnc1N1CCN(C2CCN(C)CC2)[C@@H](CCO)C1. The summed E-state index contributed by atoms with van der Waals surface area (Å²) in [5, 5.41) is 9.60. The zero-order chi connectivity index (χ0) is 19.2. The van der Waals surface area contributed by atoms with Crippen LogP contribution in [0.4, 0.5) is 5.82 Å². The Morgan fingerprint density at radius 1 is 1.30 bits per heavy atom. The molecule has 0 amide bonds. The number of pyridine rings is 1. The zero-order valence-corrected chi connectivity index (χ0v) is 16.5. The van der Waals surface area contributed by atoms with Crippen LogP contribution in [0.15, 0.2) is 18.3 Å². The molecule has 1 aromatic rings. The largest absolute Gasteiger partial charge is 0.462 e. The summed E-state index contributed by atoms with van der Waals surface area (Å²) in [6, 6.07) is 4.41. The molecule has 0 radical (unpaired) electrons. The number of carbonyl (C=O) groups is 1. The number of aliphatic hydroxyl groups is 1. The molecule has 2 aliphatic rings. The highest BCUT2D eigenvalue weighted by molar-refractivity contribution is 5.94. The Morgan fingerprint density at radius 3 is 2.78 bits per heavy atom. The fourth-order valence-corrected chi connectivity index (χ4v) is 4.29. The maximum Gasteiger partial charge on any atom is 0.341 e. The number of hydrogen-bond acceptors (Lipinski definition) is 7. The molecule has 1 atom stereocenters. The second kappa shape index (κ2) is 9.48. The normalized spacial score (nSPS) is 22.8. The fourth-order valence-electron chi connectivity index (χ4n) is 4.29. The topological polar surface area (TPSA) is 69.1 Å². The number of esters is 1. The Kier molecular flexibility index (Phi) is 7.04. The number of anilines is 1. The lowest BCUT2D eigenvalue weighted by Gasteiger charge is -2.47. The molecule has 2 aliphatic heterocycles. The van der Waals surface area contributed by atoms with Gasteiger partial charge < -0.3 is 19.6 Å². The molecule has 150 valence electrons. The highest BCUT2D eigenvalue weighted by Crippen LogP contribution is 2.27. The monoisotopic (exact) mass is 376 g/mol. The van der Waals surface area contributed by atoms with Gasteiger partial charge in [-0.25, -0.2) is 9.78 Å². The minimum atomic E-state index is -0.322. The number of hydrogen-bond donors (Lipinski definition) is 1. The average Bonchev–Trinajstić information content (AvgIpc) is 2.69. The first kappa shape index (κ1) is 20.0. The van der Waals surface area contributed by atoms with Crippen LogP contribution < -0.4 is 4.90 Å². The van der Waals surface area contributed by atoms with Gasteiger partial charge in [0, 0.05) is 44.5 Å². The molecule has 0 spiro atoms. The van der Waals surface area contributed by atoms with E-state index in [1.165, 1.54) is 12.8 Å². The molecule has 1 N–H and O–H groups in total. The summed E-state index contributed by atoms with van der Waals surface area (Å²) in [5.74, 6) is 0.374. The first-order chi connectivity index (χ1) is 13.1. The number of piperazine rings is 1. The molecule has 0 saturated carbocycles. The van der Waals surface area contributed by atoms with Crippen LogP contribution in [0.2, 0.25) is 0 Å². The van der Waals surface area contributed by atoms with Gasteiger partial charge in [-0.05, 0) is 58.5 Å². The lowest BCUT2D eigenvalue weighted by molar-refractivity contribution is 0.0520. The van der Waals surface area contributed by atoms with E-state index in [4.69, 9.17) is 4.74 Å². The van der Waals surface area contributed by atoms with E-state index in [1.54, 1.807) is 18.3 Å². The standard InChI is InChI=1S/C20H32N4O3/c1-3-27-20(26)18-5-4-9-21-19(18)23-12-13-24(17(15-23)8-14-25)16-6-10-22(2)11-7-16/h4-5,9,16-17,25H,3,6-8,10-15H2,1-2H3/t17-/m0/s1. The molecule has 0 bridgehead atoms. The molecule has 1 aromatic heterocycles. The van der Waals surface area contributed by atoms with Crippen molar-refractivity contribution < 1.29 is 14.6 Å². The van der Waals surface area contributed by atoms with Crippen LogP contribution in [0, 0.1) is 0 Å². The van der Waals surface area contributed by atoms with Crippen molar-refractivity contribution in [1.29, 1.82) is 0 Å². The van der Waals surface area contributed by atoms with Gasteiger partial charge in [-0.1, -0.05) is 0 Å². The summed E-state index contributed by atoms with van der Waals surface area (Å²) in [5.41, 5.74) is 0.523. The summed E-state index contributed by atoms with van der Waals surface area (Å²) in [7, 11) is 2.18. The van der Waals surface area contributed by atoms with Gasteiger partial charge in [0.2, 0.25) is 0 Å². The Morgan fingerprint density at radius 2 is 2.07 bits per heavy atom. The predicted octanol–water partition coefficient (Wildman–Crippen LogP) is 1.23. The molecule has 3 rings (SSSR count). The van der Waals surface area contributed by atoms with Crippen molar-refractivity contribution in [1.82, 2.24) is 14.8 Å².